The van der Waals surface area contributed by atoms with Crippen LogP contribution >= 0.6 is 0 Å². The highest BCUT2D eigenvalue weighted by molar-refractivity contribution is 5.59. The Kier molecular flexibility index (Phi) is 3.59. The molecule has 0 aliphatic carbocycles. The van der Waals surface area contributed by atoms with Crippen LogP contribution in [-0.4, -0.2) is 17.0 Å². The fourth-order valence-electron chi connectivity index (χ4n) is 1.62. The largest absolute Gasteiger partial charge is 0.357 e. The second kappa shape index (κ2) is 5.17. The minimum Gasteiger partial charge on any atom is -0.357 e. The lowest BCUT2D eigenvalue weighted by molar-refractivity contribution is 0.595. The number of aromatic nitrogens is 2. The molecule has 6 heteroatoms. The predicted molar refractivity (Wildman–Crippen MR) is 70.7 cm³/mol. The number of anilines is 3. The van der Waals surface area contributed by atoms with E-state index in [-0.39, 0.29) is 11.3 Å². The maximum Gasteiger partial charge on any atom is 0.224 e. The van der Waals surface area contributed by atoms with Gasteiger partial charge in [0.15, 0.2) is 0 Å². The summed E-state index contributed by atoms with van der Waals surface area (Å²) >= 11 is 0. The average molecular weight is 264 g/mol. The van der Waals surface area contributed by atoms with Gasteiger partial charge in [-0.1, -0.05) is 0 Å². The minimum atomic E-state index is -0.527. The monoisotopic (exact) mass is 264 g/mol. The third-order valence-corrected chi connectivity index (χ3v) is 2.59. The summed E-state index contributed by atoms with van der Waals surface area (Å²) in [6.45, 7) is 3.30. The first-order valence-corrected chi connectivity index (χ1v) is 5.75. The van der Waals surface area contributed by atoms with Gasteiger partial charge in [-0.05, 0) is 25.5 Å². The van der Waals surface area contributed by atoms with Crippen molar-refractivity contribution in [3.8, 4) is 0 Å². The van der Waals surface area contributed by atoms with Crippen molar-refractivity contribution in [3.05, 3.63) is 41.1 Å². The van der Waals surface area contributed by atoms with Gasteiger partial charge in [-0.25, -0.2) is 13.8 Å². The molecular formula is C13H14F2N4. The number of hydrogen-bond donors (Lipinski definition) is 2. The van der Waals surface area contributed by atoms with Gasteiger partial charge < -0.3 is 10.6 Å². The summed E-state index contributed by atoms with van der Waals surface area (Å²) in [6, 6.07) is 3.91. The fourth-order valence-corrected chi connectivity index (χ4v) is 1.62. The van der Waals surface area contributed by atoms with Gasteiger partial charge in [-0.2, -0.15) is 4.98 Å². The number of rotatable bonds is 3. The topological polar surface area (TPSA) is 49.8 Å². The Bertz CT molecular complexity index is 614. The van der Waals surface area contributed by atoms with Gasteiger partial charge in [0.1, 0.15) is 17.5 Å². The molecule has 0 bridgehead atoms. The molecule has 0 saturated carbocycles. The van der Waals surface area contributed by atoms with Gasteiger partial charge in [0, 0.05) is 24.9 Å². The Hall–Kier alpha value is -2.24. The summed E-state index contributed by atoms with van der Waals surface area (Å²) in [5.41, 5.74) is 1.02. The summed E-state index contributed by atoms with van der Waals surface area (Å²) in [6.07, 6.45) is 0. The van der Waals surface area contributed by atoms with Crippen LogP contribution in [0.2, 0.25) is 0 Å². The van der Waals surface area contributed by atoms with Crippen molar-refractivity contribution >= 4 is 17.5 Å². The van der Waals surface area contributed by atoms with E-state index in [2.05, 4.69) is 20.6 Å². The molecule has 4 nitrogen and oxygen atoms in total. The smallest absolute Gasteiger partial charge is 0.224 e. The minimum absolute atomic E-state index is 0.0447. The van der Waals surface area contributed by atoms with Crippen molar-refractivity contribution in [3.63, 3.8) is 0 Å². The molecule has 1 aromatic heterocycles. The van der Waals surface area contributed by atoms with Gasteiger partial charge >= 0.3 is 0 Å². The number of halogens is 2. The second-order valence-electron chi connectivity index (χ2n) is 4.17. The maximum absolute atomic E-state index is 13.7. The normalized spacial score (nSPS) is 10.4. The van der Waals surface area contributed by atoms with Crippen LogP contribution in [-0.2, 0) is 0 Å². The Labute approximate surface area is 109 Å². The molecule has 1 aromatic carbocycles. The number of nitrogens with one attached hydrogen (secondary N) is 2. The van der Waals surface area contributed by atoms with Crippen molar-refractivity contribution in [2.45, 2.75) is 13.8 Å². The number of nitrogens with zero attached hydrogens (tertiary/aromatic N) is 2. The lowest BCUT2D eigenvalue weighted by atomic mass is 10.2. The predicted octanol–water partition coefficient (Wildman–Crippen LogP) is 3.16. The maximum atomic E-state index is 13.7. The van der Waals surface area contributed by atoms with Gasteiger partial charge in [-0.15, -0.1) is 0 Å². The van der Waals surface area contributed by atoms with Crippen molar-refractivity contribution in [1.29, 1.82) is 0 Å². The lowest BCUT2D eigenvalue weighted by Crippen LogP contribution is -2.03. The van der Waals surface area contributed by atoms with Gasteiger partial charge in [0.05, 0.1) is 5.69 Å². The van der Waals surface area contributed by atoms with Gasteiger partial charge in [0.2, 0.25) is 5.95 Å². The van der Waals surface area contributed by atoms with Crippen LogP contribution in [0.1, 0.15) is 11.3 Å². The highest BCUT2D eigenvalue weighted by Crippen LogP contribution is 2.22. The summed E-state index contributed by atoms with van der Waals surface area (Å²) in [5.74, 6) is -0.181. The standard InChI is InChI=1S/C13H14F2N4/c1-7-4-10(15)11(6-9(7)14)18-12-5-8(2)17-13(16-3)19-12/h4-6H,1-3H3,(H2,16,17,18,19). The number of aryl methyl sites for hydroxylation is 2. The molecule has 1 heterocycles. The summed E-state index contributed by atoms with van der Waals surface area (Å²) in [4.78, 5) is 8.24. The van der Waals surface area contributed by atoms with Gasteiger partial charge in [-0.3, -0.25) is 0 Å². The van der Waals surface area contributed by atoms with E-state index >= 15 is 0 Å². The molecule has 0 amide bonds. The van der Waals surface area contributed by atoms with E-state index in [9.17, 15) is 8.78 Å². The van der Waals surface area contributed by atoms with Crippen molar-refractivity contribution < 1.29 is 8.78 Å². The SMILES string of the molecule is CNc1nc(C)cc(Nc2cc(F)c(C)cc2F)n1. The Morgan fingerprint density at radius 3 is 2.42 bits per heavy atom. The fraction of sp³-hybridized carbons (Fsp3) is 0.231. The van der Waals surface area contributed by atoms with Crippen LogP contribution < -0.4 is 10.6 Å². The molecule has 0 aliphatic heterocycles. The summed E-state index contributed by atoms with van der Waals surface area (Å²) < 4.78 is 27.1. The molecule has 2 aromatic rings. The van der Waals surface area contributed by atoms with Crippen molar-refractivity contribution in [1.82, 2.24) is 9.97 Å². The molecule has 0 spiro atoms. The zero-order valence-corrected chi connectivity index (χ0v) is 10.9. The van der Waals surface area contributed by atoms with Crippen LogP contribution in [0.15, 0.2) is 18.2 Å². The third-order valence-electron chi connectivity index (χ3n) is 2.59. The first kappa shape index (κ1) is 13.2. The van der Waals surface area contributed by atoms with Crippen LogP contribution in [0.25, 0.3) is 0 Å². The zero-order valence-electron chi connectivity index (χ0n) is 10.9. The van der Waals surface area contributed by atoms with E-state index in [1.165, 1.54) is 6.92 Å². The van der Waals surface area contributed by atoms with Crippen LogP contribution in [0.5, 0.6) is 0 Å². The van der Waals surface area contributed by atoms with Crippen LogP contribution in [0.4, 0.5) is 26.2 Å². The molecule has 0 radical (unpaired) electrons. The summed E-state index contributed by atoms with van der Waals surface area (Å²) in [7, 11) is 1.69. The molecule has 0 saturated heterocycles. The quantitative estimate of drug-likeness (QED) is 0.894. The highest BCUT2D eigenvalue weighted by atomic mass is 19.1. The average Bonchev–Trinajstić information content (AvgIpc) is 2.35. The highest BCUT2D eigenvalue weighted by Gasteiger charge is 2.09. The van der Waals surface area contributed by atoms with Crippen molar-refractivity contribution in [2.75, 3.05) is 17.7 Å². The van der Waals surface area contributed by atoms with Gasteiger partial charge in [0.25, 0.3) is 0 Å². The lowest BCUT2D eigenvalue weighted by Gasteiger charge is -2.10. The molecule has 0 fully saturated rings. The number of hydrogen-bond acceptors (Lipinski definition) is 4. The first-order chi connectivity index (χ1) is 8.99. The molecule has 19 heavy (non-hydrogen) atoms. The molecule has 0 aliphatic rings. The number of benzene rings is 1. The summed E-state index contributed by atoms with van der Waals surface area (Å²) in [5, 5.41) is 5.55. The molecular weight excluding hydrogens is 250 g/mol. The van der Waals surface area contributed by atoms with E-state index in [1.54, 1.807) is 20.0 Å². The Morgan fingerprint density at radius 2 is 1.74 bits per heavy atom. The van der Waals surface area contributed by atoms with E-state index in [0.717, 1.165) is 17.8 Å². The third kappa shape index (κ3) is 2.96. The van der Waals surface area contributed by atoms with Crippen LogP contribution in [0.3, 0.4) is 0 Å². The molecule has 0 unspecified atom stereocenters. The van der Waals surface area contributed by atoms with E-state index in [4.69, 9.17) is 0 Å². The Balaban J connectivity index is 2.36. The van der Waals surface area contributed by atoms with E-state index in [1.807, 2.05) is 0 Å². The van der Waals surface area contributed by atoms with Crippen LogP contribution in [0, 0.1) is 25.5 Å². The molecule has 2 rings (SSSR count). The van der Waals surface area contributed by atoms with E-state index < -0.39 is 11.6 Å². The second-order valence-corrected chi connectivity index (χ2v) is 4.17. The zero-order chi connectivity index (χ0) is 14.0. The van der Waals surface area contributed by atoms with E-state index in [0.29, 0.717) is 11.8 Å². The Morgan fingerprint density at radius 1 is 1.00 bits per heavy atom. The molecule has 0 atom stereocenters. The molecule has 2 N–H and O–H groups in total. The molecule has 100 valence electrons. The van der Waals surface area contributed by atoms with Crippen molar-refractivity contribution in [2.24, 2.45) is 0 Å². The first-order valence-electron chi connectivity index (χ1n) is 5.75.